The van der Waals surface area contributed by atoms with Crippen molar-refractivity contribution in [2.24, 2.45) is 0 Å². The Morgan fingerprint density at radius 1 is 0.400 bits per heavy atom. The Morgan fingerprint density at radius 3 is 1.46 bits per heavy atom. The van der Waals surface area contributed by atoms with Crippen LogP contribution in [0.25, 0.3) is 65.1 Å². The zero-order chi connectivity index (χ0) is 23.2. The molecule has 1 nitrogen and oxygen atoms in total. The molecular weight excluding hydrogens is 442 g/mol. The van der Waals surface area contributed by atoms with Gasteiger partial charge in [-0.1, -0.05) is 97.1 Å². The maximum absolute atomic E-state index is 4.48. The Kier molecular flexibility index (Phi) is 4.71. The van der Waals surface area contributed by atoms with Gasteiger partial charge < -0.3 is 0 Å². The first kappa shape index (κ1) is 20.1. The monoisotopic (exact) mass is 463 g/mol. The molecule has 0 saturated carbocycles. The lowest BCUT2D eigenvalue weighted by atomic mass is 9.91. The third-order valence-electron chi connectivity index (χ3n) is 6.82. The number of hydrogen-bond donors (Lipinski definition) is 0. The van der Waals surface area contributed by atoms with Gasteiger partial charge >= 0.3 is 0 Å². The van der Waals surface area contributed by atoms with Crippen molar-refractivity contribution in [2.45, 2.75) is 0 Å². The molecule has 7 rings (SSSR count). The molecule has 0 aliphatic rings. The van der Waals surface area contributed by atoms with E-state index in [1.807, 2.05) is 11.6 Å². The molecule has 6 aromatic carbocycles. The van der Waals surface area contributed by atoms with E-state index in [0.29, 0.717) is 0 Å². The molecule has 1 heterocycles. The topological polar surface area (TPSA) is 12.9 Å². The Morgan fingerprint density at radius 2 is 0.886 bits per heavy atom. The average Bonchev–Trinajstić information content (AvgIpc) is 3.49. The molecular formula is C33H21NS. The lowest BCUT2D eigenvalue weighted by Crippen LogP contribution is -1.86. The molecule has 7 aromatic rings. The van der Waals surface area contributed by atoms with Gasteiger partial charge in [-0.3, -0.25) is 0 Å². The SMILES string of the molecule is c1cc(-c2cccc(-c3nccs3)c2)cc(-c2ccc3c4ccccc4c4ccccc4c3c2)c1. The molecule has 1 aromatic heterocycles. The molecule has 0 atom stereocenters. The normalized spacial score (nSPS) is 11.4. The average molecular weight is 464 g/mol. The number of thiazole rings is 1. The van der Waals surface area contributed by atoms with Gasteiger partial charge in [-0.2, -0.15) is 0 Å². The van der Waals surface area contributed by atoms with Crippen LogP contribution in [0.2, 0.25) is 0 Å². The number of nitrogens with zero attached hydrogens (tertiary/aromatic N) is 1. The van der Waals surface area contributed by atoms with Crippen LogP contribution in [0.15, 0.2) is 127 Å². The van der Waals surface area contributed by atoms with Crippen molar-refractivity contribution in [3.05, 3.63) is 127 Å². The summed E-state index contributed by atoms with van der Waals surface area (Å²) in [4.78, 5) is 4.48. The van der Waals surface area contributed by atoms with Crippen LogP contribution in [0.3, 0.4) is 0 Å². The Labute approximate surface area is 208 Å². The zero-order valence-corrected chi connectivity index (χ0v) is 19.8. The summed E-state index contributed by atoms with van der Waals surface area (Å²) in [6.07, 6.45) is 1.86. The van der Waals surface area contributed by atoms with Crippen LogP contribution in [0.5, 0.6) is 0 Å². The highest BCUT2D eigenvalue weighted by molar-refractivity contribution is 7.13. The molecule has 0 spiro atoms. The van der Waals surface area contributed by atoms with Crippen LogP contribution >= 0.6 is 11.3 Å². The van der Waals surface area contributed by atoms with Gasteiger partial charge in [0.15, 0.2) is 0 Å². The Bertz CT molecular complexity index is 1810. The maximum Gasteiger partial charge on any atom is 0.123 e. The van der Waals surface area contributed by atoms with Crippen molar-refractivity contribution in [1.29, 1.82) is 0 Å². The summed E-state index contributed by atoms with van der Waals surface area (Å²) < 4.78 is 0. The van der Waals surface area contributed by atoms with E-state index in [2.05, 4.69) is 120 Å². The lowest BCUT2D eigenvalue weighted by Gasteiger charge is -2.12. The minimum absolute atomic E-state index is 1.05. The third kappa shape index (κ3) is 3.42. The van der Waals surface area contributed by atoms with Crippen LogP contribution in [-0.4, -0.2) is 4.98 Å². The van der Waals surface area contributed by atoms with Gasteiger partial charge in [-0.15, -0.1) is 11.3 Å². The largest absolute Gasteiger partial charge is 0.245 e. The second-order valence-electron chi connectivity index (χ2n) is 8.85. The minimum atomic E-state index is 1.05. The smallest absolute Gasteiger partial charge is 0.123 e. The number of benzene rings is 6. The summed E-state index contributed by atoms with van der Waals surface area (Å²) in [7, 11) is 0. The first-order chi connectivity index (χ1) is 17.3. The van der Waals surface area contributed by atoms with Crippen LogP contribution in [-0.2, 0) is 0 Å². The highest BCUT2D eigenvalue weighted by Crippen LogP contribution is 2.37. The summed E-state index contributed by atoms with van der Waals surface area (Å²) in [5.74, 6) is 0. The van der Waals surface area contributed by atoms with Gasteiger partial charge in [-0.25, -0.2) is 4.98 Å². The summed E-state index contributed by atoms with van der Waals surface area (Å²) in [6, 6.07) is 41.9. The zero-order valence-electron chi connectivity index (χ0n) is 19.0. The first-order valence-corrected chi connectivity index (χ1v) is 12.7. The maximum atomic E-state index is 4.48. The fourth-order valence-corrected chi connectivity index (χ4v) is 5.80. The molecule has 35 heavy (non-hydrogen) atoms. The van der Waals surface area contributed by atoms with E-state index >= 15 is 0 Å². The Balaban J connectivity index is 1.39. The fourth-order valence-electron chi connectivity index (χ4n) is 5.16. The van der Waals surface area contributed by atoms with E-state index in [1.165, 1.54) is 54.6 Å². The number of hydrogen-bond acceptors (Lipinski definition) is 2. The van der Waals surface area contributed by atoms with E-state index in [9.17, 15) is 0 Å². The van der Waals surface area contributed by atoms with Gasteiger partial charge in [0.25, 0.3) is 0 Å². The molecule has 0 aliphatic carbocycles. The molecule has 0 bridgehead atoms. The highest BCUT2D eigenvalue weighted by atomic mass is 32.1. The van der Waals surface area contributed by atoms with E-state index in [1.54, 1.807) is 11.3 Å². The van der Waals surface area contributed by atoms with Crippen LogP contribution in [0.4, 0.5) is 0 Å². The molecule has 164 valence electrons. The summed E-state index contributed by atoms with van der Waals surface area (Å²) in [5.41, 5.74) is 6.03. The van der Waals surface area contributed by atoms with Crippen molar-refractivity contribution < 1.29 is 0 Å². The third-order valence-corrected chi connectivity index (χ3v) is 7.64. The highest BCUT2D eigenvalue weighted by Gasteiger charge is 2.10. The van der Waals surface area contributed by atoms with Crippen LogP contribution in [0.1, 0.15) is 0 Å². The van der Waals surface area contributed by atoms with E-state index in [0.717, 1.165) is 10.6 Å². The molecule has 2 heteroatoms. The molecule has 0 aliphatic heterocycles. The molecule has 0 N–H and O–H groups in total. The van der Waals surface area contributed by atoms with E-state index in [4.69, 9.17) is 0 Å². The molecule has 0 saturated heterocycles. The fraction of sp³-hybridized carbons (Fsp3) is 0. The second-order valence-corrected chi connectivity index (χ2v) is 9.74. The number of aromatic nitrogens is 1. The van der Waals surface area contributed by atoms with E-state index < -0.39 is 0 Å². The van der Waals surface area contributed by atoms with Gasteiger partial charge in [0.05, 0.1) is 0 Å². The van der Waals surface area contributed by atoms with Crippen molar-refractivity contribution >= 4 is 43.7 Å². The van der Waals surface area contributed by atoms with Gasteiger partial charge in [0, 0.05) is 17.1 Å². The van der Waals surface area contributed by atoms with Gasteiger partial charge in [-0.05, 0) is 72.8 Å². The summed E-state index contributed by atoms with van der Waals surface area (Å²) in [5, 5.41) is 10.9. The van der Waals surface area contributed by atoms with Crippen LogP contribution < -0.4 is 0 Å². The minimum Gasteiger partial charge on any atom is -0.245 e. The summed E-state index contributed by atoms with van der Waals surface area (Å²) >= 11 is 1.67. The summed E-state index contributed by atoms with van der Waals surface area (Å²) in [6.45, 7) is 0. The first-order valence-electron chi connectivity index (χ1n) is 11.8. The van der Waals surface area contributed by atoms with Crippen molar-refractivity contribution in [1.82, 2.24) is 4.98 Å². The van der Waals surface area contributed by atoms with Gasteiger partial charge in [0.1, 0.15) is 5.01 Å². The molecule has 0 radical (unpaired) electrons. The van der Waals surface area contributed by atoms with E-state index in [-0.39, 0.29) is 0 Å². The van der Waals surface area contributed by atoms with Gasteiger partial charge in [0.2, 0.25) is 0 Å². The molecule has 0 unspecified atom stereocenters. The predicted molar refractivity (Wildman–Crippen MR) is 151 cm³/mol. The molecule has 0 fully saturated rings. The number of rotatable bonds is 3. The Hall–Kier alpha value is -4.27. The predicted octanol–water partition coefficient (Wildman–Crippen LogP) is 9.60. The van der Waals surface area contributed by atoms with Crippen molar-refractivity contribution in [3.8, 4) is 32.8 Å². The lowest BCUT2D eigenvalue weighted by molar-refractivity contribution is 1.41. The van der Waals surface area contributed by atoms with Crippen molar-refractivity contribution in [2.75, 3.05) is 0 Å². The number of fused-ring (bicyclic) bond motifs is 6. The van der Waals surface area contributed by atoms with Crippen LogP contribution in [0, 0.1) is 0 Å². The van der Waals surface area contributed by atoms with Crippen molar-refractivity contribution in [3.63, 3.8) is 0 Å². The standard InChI is InChI=1S/C33H21NS/c1-2-13-29-27(11-1)28-12-3-4-14-30(28)32-21-25(15-16-31(29)32)23-8-5-7-22(19-23)24-9-6-10-26(20-24)33-34-17-18-35-33/h1-21H. The second kappa shape index (κ2) is 8.19. The quantitative estimate of drug-likeness (QED) is 0.238. The molecule has 0 amide bonds.